The van der Waals surface area contributed by atoms with Gasteiger partial charge < -0.3 is 24.8 Å². The second-order valence-corrected chi connectivity index (χ2v) is 9.83. The number of nitrogens with zero attached hydrogens (tertiary/aromatic N) is 1. The molecule has 1 aliphatic heterocycles. The number of hydrazone groups is 1. The molecule has 0 saturated carbocycles. The summed E-state index contributed by atoms with van der Waals surface area (Å²) in [6.07, 6.45) is 6.72. The Kier molecular flexibility index (Phi) is 10.7. The molecule has 1 atom stereocenters. The fourth-order valence-corrected chi connectivity index (χ4v) is 5.24. The van der Waals surface area contributed by atoms with Crippen molar-refractivity contribution in [2.24, 2.45) is 5.10 Å². The van der Waals surface area contributed by atoms with Crippen molar-refractivity contribution >= 4 is 67.3 Å². The van der Waals surface area contributed by atoms with E-state index < -0.39 is 17.9 Å². The molecular formula is C26H24Br2N4O5S. The molecule has 2 aromatic carbocycles. The number of hydrogen-bond acceptors (Lipinski definition) is 7. The predicted octanol–water partition coefficient (Wildman–Crippen LogP) is 4.11. The third kappa shape index (κ3) is 7.56. The second-order valence-electron chi connectivity index (χ2n) is 7.72. The SMILES string of the molecule is C#CCOc1c(Br)cc(C=NNC(=O)COc2ccccc2[C@@H]2NC(=S)NC(C)=C2C(=O)OCC)cc1Br. The van der Waals surface area contributed by atoms with E-state index in [0.29, 0.717) is 48.0 Å². The molecule has 38 heavy (non-hydrogen) atoms. The molecule has 12 heteroatoms. The number of thiocarbonyl (C=S) groups is 1. The average Bonchev–Trinajstić information content (AvgIpc) is 2.87. The van der Waals surface area contributed by atoms with Crippen molar-refractivity contribution in [3.8, 4) is 23.8 Å². The van der Waals surface area contributed by atoms with Crippen LogP contribution in [0.4, 0.5) is 0 Å². The highest BCUT2D eigenvalue weighted by atomic mass is 79.9. The molecule has 1 aliphatic rings. The summed E-state index contributed by atoms with van der Waals surface area (Å²) in [6.45, 7) is 3.52. The Hall–Kier alpha value is -3.40. The zero-order chi connectivity index (χ0) is 27.7. The molecule has 3 rings (SSSR count). The van der Waals surface area contributed by atoms with Crippen molar-refractivity contribution in [1.82, 2.24) is 16.1 Å². The number of amides is 1. The summed E-state index contributed by atoms with van der Waals surface area (Å²) in [7, 11) is 0. The number of benzene rings is 2. The van der Waals surface area contributed by atoms with Crippen LogP contribution in [-0.2, 0) is 14.3 Å². The Balaban J connectivity index is 1.68. The summed E-state index contributed by atoms with van der Waals surface area (Å²) in [6, 6.07) is 9.98. The molecule has 9 nitrogen and oxygen atoms in total. The number of ether oxygens (including phenoxy) is 3. The Morgan fingerprint density at radius 3 is 2.63 bits per heavy atom. The zero-order valence-electron chi connectivity index (χ0n) is 20.5. The minimum Gasteiger partial charge on any atom is -0.483 e. The van der Waals surface area contributed by atoms with Crippen LogP contribution in [0.25, 0.3) is 0 Å². The molecule has 1 amide bonds. The van der Waals surface area contributed by atoms with Gasteiger partial charge in [-0.3, -0.25) is 4.79 Å². The van der Waals surface area contributed by atoms with Gasteiger partial charge in [-0.2, -0.15) is 5.10 Å². The highest BCUT2D eigenvalue weighted by Gasteiger charge is 2.32. The molecule has 198 valence electrons. The first kappa shape index (κ1) is 29.2. The summed E-state index contributed by atoms with van der Waals surface area (Å²) in [4.78, 5) is 25.1. The Morgan fingerprint density at radius 1 is 1.24 bits per heavy atom. The lowest BCUT2D eigenvalue weighted by molar-refractivity contribution is -0.139. The van der Waals surface area contributed by atoms with E-state index in [4.69, 9.17) is 32.9 Å². The van der Waals surface area contributed by atoms with Crippen molar-refractivity contribution < 1.29 is 23.8 Å². The van der Waals surface area contributed by atoms with E-state index in [1.54, 1.807) is 50.2 Å². The van der Waals surface area contributed by atoms with Crippen LogP contribution in [-0.4, -0.2) is 43.0 Å². The topological polar surface area (TPSA) is 110 Å². The fraction of sp³-hybridized carbons (Fsp3) is 0.231. The maximum Gasteiger partial charge on any atom is 0.338 e. The predicted molar refractivity (Wildman–Crippen MR) is 155 cm³/mol. The molecule has 0 radical (unpaired) electrons. The van der Waals surface area contributed by atoms with Gasteiger partial charge in [0.25, 0.3) is 5.91 Å². The molecule has 0 bridgehead atoms. The standard InChI is InChI=1S/C26H24Br2N4O5S/c1-4-10-36-24-18(27)11-16(12-19(24)28)13-29-32-21(33)14-37-20-9-7-6-8-17(20)23-22(25(34)35-5-2)15(3)30-26(38)31-23/h1,6-9,11-13,23H,5,10,14H2,2-3H3,(H,32,33)(H2,30,31,38)/t23-/m0/s1. The Bertz CT molecular complexity index is 1320. The molecule has 0 aliphatic carbocycles. The van der Waals surface area contributed by atoms with Gasteiger partial charge in [0.2, 0.25) is 0 Å². The zero-order valence-corrected chi connectivity index (χ0v) is 24.5. The average molecular weight is 664 g/mol. The minimum atomic E-state index is -0.621. The monoisotopic (exact) mass is 662 g/mol. The lowest BCUT2D eigenvalue weighted by Gasteiger charge is -2.30. The number of carbonyl (C=O) groups excluding carboxylic acids is 2. The molecule has 2 aromatic rings. The van der Waals surface area contributed by atoms with E-state index in [-0.39, 0.29) is 19.8 Å². The fourth-order valence-electron chi connectivity index (χ4n) is 3.52. The first-order valence-electron chi connectivity index (χ1n) is 11.3. The third-order valence-corrected chi connectivity index (χ3v) is 6.47. The van der Waals surface area contributed by atoms with Crippen LogP contribution in [0.5, 0.6) is 11.5 Å². The normalized spacial score (nSPS) is 14.8. The molecule has 0 unspecified atom stereocenters. The van der Waals surface area contributed by atoms with Crippen molar-refractivity contribution in [3.05, 3.63) is 67.7 Å². The second kappa shape index (κ2) is 13.9. The summed E-state index contributed by atoms with van der Waals surface area (Å²) in [5.41, 5.74) is 4.71. The molecule has 0 fully saturated rings. The highest BCUT2D eigenvalue weighted by molar-refractivity contribution is 9.11. The van der Waals surface area contributed by atoms with Gasteiger partial charge in [-0.15, -0.1) is 6.42 Å². The van der Waals surface area contributed by atoms with Crippen LogP contribution in [0.3, 0.4) is 0 Å². The van der Waals surface area contributed by atoms with Crippen LogP contribution in [0.15, 0.2) is 61.7 Å². The molecule has 0 aromatic heterocycles. The molecule has 1 heterocycles. The van der Waals surface area contributed by atoms with Crippen LogP contribution < -0.4 is 25.5 Å². The number of halogens is 2. The minimum absolute atomic E-state index is 0.129. The molecule has 0 saturated heterocycles. The third-order valence-electron chi connectivity index (χ3n) is 5.08. The van der Waals surface area contributed by atoms with E-state index in [0.717, 1.165) is 0 Å². The van der Waals surface area contributed by atoms with Gasteiger partial charge in [-0.05, 0) is 81.7 Å². The van der Waals surface area contributed by atoms with Gasteiger partial charge in [0.05, 0.1) is 33.4 Å². The number of hydrogen-bond donors (Lipinski definition) is 3. The number of carbonyl (C=O) groups is 2. The van der Waals surface area contributed by atoms with Gasteiger partial charge in [0.1, 0.15) is 18.1 Å². The highest BCUT2D eigenvalue weighted by Crippen LogP contribution is 2.35. The van der Waals surface area contributed by atoms with Crippen molar-refractivity contribution in [2.75, 3.05) is 19.8 Å². The van der Waals surface area contributed by atoms with E-state index in [1.165, 1.54) is 6.21 Å². The van der Waals surface area contributed by atoms with E-state index in [2.05, 4.69) is 58.9 Å². The van der Waals surface area contributed by atoms with Gasteiger partial charge in [-0.1, -0.05) is 24.1 Å². The summed E-state index contributed by atoms with van der Waals surface area (Å²) in [5, 5.41) is 10.4. The summed E-state index contributed by atoms with van der Waals surface area (Å²) >= 11 is 12.1. The van der Waals surface area contributed by atoms with E-state index in [1.807, 2.05) is 0 Å². The number of esters is 1. The molecule has 3 N–H and O–H groups in total. The van der Waals surface area contributed by atoms with E-state index in [9.17, 15) is 9.59 Å². The van der Waals surface area contributed by atoms with Crippen LogP contribution in [0.1, 0.15) is 31.0 Å². The van der Waals surface area contributed by atoms with Crippen LogP contribution in [0, 0.1) is 12.3 Å². The van der Waals surface area contributed by atoms with Gasteiger partial charge in [0, 0.05) is 11.3 Å². The summed E-state index contributed by atoms with van der Waals surface area (Å²) in [5.74, 6) is 2.42. The Morgan fingerprint density at radius 2 is 1.95 bits per heavy atom. The number of para-hydroxylation sites is 1. The number of nitrogens with one attached hydrogen (secondary N) is 3. The smallest absolute Gasteiger partial charge is 0.338 e. The van der Waals surface area contributed by atoms with Gasteiger partial charge >= 0.3 is 5.97 Å². The van der Waals surface area contributed by atoms with Crippen LogP contribution >= 0.6 is 44.1 Å². The van der Waals surface area contributed by atoms with Gasteiger partial charge in [-0.25, -0.2) is 10.2 Å². The maximum absolute atomic E-state index is 12.7. The molecular weight excluding hydrogens is 640 g/mol. The van der Waals surface area contributed by atoms with Crippen molar-refractivity contribution in [2.45, 2.75) is 19.9 Å². The van der Waals surface area contributed by atoms with Crippen molar-refractivity contribution in [1.29, 1.82) is 0 Å². The first-order chi connectivity index (χ1) is 18.2. The maximum atomic E-state index is 12.7. The van der Waals surface area contributed by atoms with Gasteiger partial charge in [0.15, 0.2) is 11.7 Å². The lowest BCUT2D eigenvalue weighted by atomic mass is 9.95. The Labute approximate surface area is 242 Å². The lowest BCUT2D eigenvalue weighted by Crippen LogP contribution is -2.45. The van der Waals surface area contributed by atoms with Crippen LogP contribution in [0.2, 0.25) is 0 Å². The van der Waals surface area contributed by atoms with E-state index >= 15 is 0 Å². The largest absolute Gasteiger partial charge is 0.483 e. The van der Waals surface area contributed by atoms with Crippen molar-refractivity contribution in [3.63, 3.8) is 0 Å². The number of rotatable bonds is 10. The molecule has 0 spiro atoms. The quantitative estimate of drug-likeness (QED) is 0.115. The first-order valence-corrected chi connectivity index (χ1v) is 13.3. The number of terminal acetylenes is 1. The number of allylic oxidation sites excluding steroid dienone is 1. The summed E-state index contributed by atoms with van der Waals surface area (Å²) < 4.78 is 17.9.